The van der Waals surface area contributed by atoms with E-state index in [-0.39, 0.29) is 0 Å². The zero-order valence-corrected chi connectivity index (χ0v) is 11.2. The Morgan fingerprint density at radius 3 is 2.83 bits per heavy atom. The summed E-state index contributed by atoms with van der Waals surface area (Å²) in [7, 11) is 1.65. The normalized spacial score (nSPS) is 9.83. The van der Waals surface area contributed by atoms with Crippen LogP contribution in [0.3, 0.4) is 0 Å². The predicted octanol–water partition coefficient (Wildman–Crippen LogP) is 2.60. The van der Waals surface area contributed by atoms with Crippen LogP contribution >= 0.6 is 0 Å². The second kappa shape index (κ2) is 8.43. The first-order chi connectivity index (χ1) is 8.81. The van der Waals surface area contributed by atoms with Crippen molar-refractivity contribution in [2.24, 2.45) is 0 Å². The number of nitrogens with one attached hydrogen (secondary N) is 1. The molecule has 1 aromatic carbocycles. The molecule has 1 aromatic rings. The van der Waals surface area contributed by atoms with E-state index in [1.807, 2.05) is 25.1 Å². The Morgan fingerprint density at radius 1 is 1.33 bits per heavy atom. The molecule has 0 aromatic heterocycles. The van der Waals surface area contributed by atoms with E-state index in [2.05, 4.69) is 11.2 Å². The molecule has 0 atom stereocenters. The van der Waals surface area contributed by atoms with Gasteiger partial charge in [-0.05, 0) is 37.6 Å². The van der Waals surface area contributed by atoms with Gasteiger partial charge in [0.2, 0.25) is 0 Å². The standard InChI is InChI=1S/C15H21NO2/c1-4-6-7-10-16-12-13-8-9-14(18-5-2)15(11-13)17-3/h1,8-9,11,16H,5-7,10,12H2,2-3H3. The first kappa shape index (κ1) is 14.4. The lowest BCUT2D eigenvalue weighted by atomic mass is 10.2. The van der Waals surface area contributed by atoms with Gasteiger partial charge in [-0.1, -0.05) is 6.07 Å². The van der Waals surface area contributed by atoms with E-state index in [1.54, 1.807) is 7.11 Å². The highest BCUT2D eigenvalue weighted by molar-refractivity contribution is 5.42. The van der Waals surface area contributed by atoms with Crippen LogP contribution in [0.4, 0.5) is 0 Å². The van der Waals surface area contributed by atoms with Gasteiger partial charge in [0.25, 0.3) is 0 Å². The molecule has 0 saturated carbocycles. The van der Waals surface area contributed by atoms with Crippen molar-refractivity contribution >= 4 is 0 Å². The maximum atomic E-state index is 5.47. The zero-order valence-electron chi connectivity index (χ0n) is 11.2. The van der Waals surface area contributed by atoms with Crippen LogP contribution in [0.1, 0.15) is 25.3 Å². The highest BCUT2D eigenvalue weighted by Crippen LogP contribution is 2.27. The van der Waals surface area contributed by atoms with Gasteiger partial charge in [-0.2, -0.15) is 0 Å². The van der Waals surface area contributed by atoms with Crippen LogP contribution in [0.25, 0.3) is 0 Å². The second-order valence-corrected chi connectivity index (χ2v) is 3.90. The number of unbranched alkanes of at least 4 members (excludes halogenated alkanes) is 1. The van der Waals surface area contributed by atoms with Gasteiger partial charge < -0.3 is 14.8 Å². The molecule has 18 heavy (non-hydrogen) atoms. The summed E-state index contributed by atoms with van der Waals surface area (Å²) in [4.78, 5) is 0. The molecule has 0 spiro atoms. The molecule has 0 fully saturated rings. The van der Waals surface area contributed by atoms with E-state index in [9.17, 15) is 0 Å². The minimum atomic E-state index is 0.639. The lowest BCUT2D eigenvalue weighted by Gasteiger charge is -2.11. The number of hydrogen-bond donors (Lipinski definition) is 1. The summed E-state index contributed by atoms with van der Waals surface area (Å²) in [6.07, 6.45) is 7.02. The summed E-state index contributed by atoms with van der Waals surface area (Å²) in [5.74, 6) is 4.20. The van der Waals surface area contributed by atoms with Gasteiger partial charge in [0.1, 0.15) is 0 Å². The lowest BCUT2D eigenvalue weighted by molar-refractivity contribution is 0.310. The Hall–Kier alpha value is -1.66. The van der Waals surface area contributed by atoms with Crippen molar-refractivity contribution in [3.8, 4) is 23.8 Å². The molecule has 0 saturated heterocycles. The third kappa shape index (κ3) is 4.68. The maximum absolute atomic E-state index is 5.47. The maximum Gasteiger partial charge on any atom is 0.161 e. The third-order valence-corrected chi connectivity index (χ3v) is 2.53. The van der Waals surface area contributed by atoms with Crippen molar-refractivity contribution in [2.45, 2.75) is 26.3 Å². The van der Waals surface area contributed by atoms with Crippen LogP contribution in [0.5, 0.6) is 11.5 Å². The predicted molar refractivity (Wildman–Crippen MR) is 73.9 cm³/mol. The minimum absolute atomic E-state index is 0.639. The number of benzene rings is 1. The zero-order chi connectivity index (χ0) is 13.2. The summed E-state index contributed by atoms with van der Waals surface area (Å²) in [6.45, 7) is 4.34. The highest BCUT2D eigenvalue weighted by atomic mass is 16.5. The van der Waals surface area contributed by atoms with Crippen molar-refractivity contribution in [1.82, 2.24) is 5.32 Å². The van der Waals surface area contributed by atoms with Crippen LogP contribution in [-0.2, 0) is 6.54 Å². The van der Waals surface area contributed by atoms with Crippen LogP contribution in [0.15, 0.2) is 18.2 Å². The molecule has 98 valence electrons. The Bertz CT molecular complexity index is 396. The van der Waals surface area contributed by atoms with Gasteiger partial charge in [0.15, 0.2) is 11.5 Å². The van der Waals surface area contributed by atoms with Crippen LogP contribution < -0.4 is 14.8 Å². The van der Waals surface area contributed by atoms with E-state index in [0.29, 0.717) is 6.61 Å². The molecule has 0 heterocycles. The Labute approximate surface area is 109 Å². The van der Waals surface area contributed by atoms with Crippen LogP contribution in [0, 0.1) is 12.3 Å². The number of methoxy groups -OCH3 is 1. The summed E-state index contributed by atoms with van der Waals surface area (Å²) < 4.78 is 10.8. The lowest BCUT2D eigenvalue weighted by Crippen LogP contribution is -2.14. The molecule has 0 amide bonds. The second-order valence-electron chi connectivity index (χ2n) is 3.90. The molecule has 1 rings (SSSR count). The van der Waals surface area contributed by atoms with E-state index in [1.165, 1.54) is 5.56 Å². The molecule has 0 radical (unpaired) electrons. The molecule has 1 N–H and O–H groups in total. The quantitative estimate of drug-likeness (QED) is 0.566. The van der Waals surface area contributed by atoms with Gasteiger partial charge >= 0.3 is 0 Å². The minimum Gasteiger partial charge on any atom is -0.493 e. The molecule has 0 bridgehead atoms. The molecule has 0 aliphatic carbocycles. The molecule has 0 unspecified atom stereocenters. The monoisotopic (exact) mass is 247 g/mol. The fraction of sp³-hybridized carbons (Fsp3) is 0.467. The molecular formula is C15H21NO2. The average Bonchev–Trinajstić information content (AvgIpc) is 2.40. The number of hydrogen-bond acceptors (Lipinski definition) is 3. The van der Waals surface area contributed by atoms with Crippen LogP contribution in [-0.4, -0.2) is 20.3 Å². The van der Waals surface area contributed by atoms with Gasteiger partial charge in [-0.15, -0.1) is 12.3 Å². The van der Waals surface area contributed by atoms with E-state index < -0.39 is 0 Å². The van der Waals surface area contributed by atoms with Crippen molar-refractivity contribution < 1.29 is 9.47 Å². The summed E-state index contributed by atoms with van der Waals surface area (Å²) in [6, 6.07) is 5.99. The van der Waals surface area contributed by atoms with Crippen molar-refractivity contribution in [3.05, 3.63) is 23.8 Å². The Balaban J connectivity index is 2.49. The van der Waals surface area contributed by atoms with Gasteiger partial charge in [-0.25, -0.2) is 0 Å². The van der Waals surface area contributed by atoms with Crippen LogP contribution in [0.2, 0.25) is 0 Å². The van der Waals surface area contributed by atoms with Gasteiger partial charge in [0.05, 0.1) is 13.7 Å². The van der Waals surface area contributed by atoms with Crippen molar-refractivity contribution in [1.29, 1.82) is 0 Å². The molecule has 3 heteroatoms. The summed E-state index contributed by atoms with van der Waals surface area (Å²) >= 11 is 0. The Morgan fingerprint density at radius 2 is 2.17 bits per heavy atom. The summed E-state index contributed by atoms with van der Waals surface area (Å²) in [5, 5.41) is 3.35. The number of rotatable bonds is 8. The molecule has 0 aliphatic rings. The fourth-order valence-corrected chi connectivity index (χ4v) is 1.64. The van der Waals surface area contributed by atoms with E-state index in [4.69, 9.17) is 15.9 Å². The van der Waals surface area contributed by atoms with Crippen molar-refractivity contribution in [2.75, 3.05) is 20.3 Å². The molecule has 3 nitrogen and oxygen atoms in total. The SMILES string of the molecule is C#CCCCNCc1ccc(OCC)c(OC)c1. The first-order valence-electron chi connectivity index (χ1n) is 6.25. The van der Waals surface area contributed by atoms with Gasteiger partial charge in [-0.3, -0.25) is 0 Å². The number of terminal acetylenes is 1. The Kier molecular flexibility index (Phi) is 6.75. The largest absolute Gasteiger partial charge is 0.493 e. The van der Waals surface area contributed by atoms with Gasteiger partial charge in [0, 0.05) is 13.0 Å². The average molecular weight is 247 g/mol. The summed E-state index contributed by atoms with van der Waals surface area (Å²) in [5.41, 5.74) is 1.18. The fourth-order valence-electron chi connectivity index (χ4n) is 1.64. The molecular weight excluding hydrogens is 226 g/mol. The highest BCUT2D eigenvalue weighted by Gasteiger charge is 2.04. The first-order valence-corrected chi connectivity index (χ1v) is 6.25. The smallest absolute Gasteiger partial charge is 0.161 e. The number of ether oxygens (including phenoxy) is 2. The van der Waals surface area contributed by atoms with E-state index in [0.717, 1.165) is 37.4 Å². The third-order valence-electron chi connectivity index (χ3n) is 2.53. The van der Waals surface area contributed by atoms with E-state index >= 15 is 0 Å². The topological polar surface area (TPSA) is 30.5 Å². The van der Waals surface area contributed by atoms with Crippen molar-refractivity contribution in [3.63, 3.8) is 0 Å². The molecule has 0 aliphatic heterocycles.